The van der Waals surface area contributed by atoms with E-state index in [1.165, 1.54) is 21.6 Å². The van der Waals surface area contributed by atoms with Crippen LogP contribution in [0.25, 0.3) is 0 Å². The van der Waals surface area contributed by atoms with Crippen molar-refractivity contribution in [2.75, 3.05) is 36.4 Å². The summed E-state index contributed by atoms with van der Waals surface area (Å²) in [4.78, 5) is 24.0. The van der Waals surface area contributed by atoms with E-state index in [1.807, 2.05) is 24.3 Å². The topological polar surface area (TPSA) is 76.7 Å². The predicted molar refractivity (Wildman–Crippen MR) is 108 cm³/mol. The predicted octanol–water partition coefficient (Wildman–Crippen LogP) is 3.66. The summed E-state index contributed by atoms with van der Waals surface area (Å²) in [6, 6.07) is 14.4. The second kappa shape index (κ2) is 10.6. The first-order chi connectivity index (χ1) is 12.6. The highest BCUT2D eigenvalue weighted by atomic mass is 33.1. The Balaban J connectivity index is 1.71. The van der Waals surface area contributed by atoms with Crippen LogP contribution < -0.4 is 20.1 Å². The second-order valence-corrected chi connectivity index (χ2v) is 7.48. The lowest BCUT2D eigenvalue weighted by atomic mass is 10.3. The van der Waals surface area contributed by atoms with Gasteiger partial charge in [-0.25, -0.2) is 0 Å². The molecule has 0 radical (unpaired) electrons. The van der Waals surface area contributed by atoms with E-state index >= 15 is 0 Å². The summed E-state index contributed by atoms with van der Waals surface area (Å²) in [7, 11) is 5.73. The van der Waals surface area contributed by atoms with Gasteiger partial charge in [-0.05, 0) is 24.3 Å². The Bertz CT molecular complexity index is 692. The molecule has 0 heterocycles. The Hall–Kier alpha value is -2.32. The van der Waals surface area contributed by atoms with Crippen LogP contribution in [0.1, 0.15) is 0 Å². The maximum Gasteiger partial charge on any atom is 0.235 e. The molecule has 0 aliphatic rings. The molecule has 8 heteroatoms. The molecule has 0 atom stereocenters. The van der Waals surface area contributed by atoms with E-state index in [-0.39, 0.29) is 23.3 Å². The molecule has 6 nitrogen and oxygen atoms in total. The van der Waals surface area contributed by atoms with Crippen LogP contribution in [-0.2, 0) is 9.59 Å². The first kappa shape index (κ1) is 20.0. The van der Waals surface area contributed by atoms with Crippen molar-refractivity contribution in [2.45, 2.75) is 0 Å². The fraction of sp³-hybridized carbons (Fsp3) is 0.222. The SMILES string of the molecule is COc1ccccc1NC(=O)CSSCC(=O)Nc1ccccc1OC. The van der Waals surface area contributed by atoms with Crippen molar-refractivity contribution in [1.82, 2.24) is 0 Å². The van der Waals surface area contributed by atoms with E-state index in [1.54, 1.807) is 38.5 Å². The minimum atomic E-state index is -0.155. The van der Waals surface area contributed by atoms with Crippen LogP contribution in [0.15, 0.2) is 48.5 Å². The molecule has 2 N–H and O–H groups in total. The van der Waals surface area contributed by atoms with Gasteiger partial charge < -0.3 is 20.1 Å². The summed E-state index contributed by atoms with van der Waals surface area (Å²) in [5.41, 5.74) is 1.25. The van der Waals surface area contributed by atoms with E-state index in [2.05, 4.69) is 10.6 Å². The number of hydrogen-bond donors (Lipinski definition) is 2. The third-order valence-electron chi connectivity index (χ3n) is 3.23. The molecule has 0 spiro atoms. The fourth-order valence-electron chi connectivity index (χ4n) is 2.06. The number of ether oxygens (including phenoxy) is 2. The normalized spacial score (nSPS) is 10.1. The summed E-state index contributed by atoms with van der Waals surface area (Å²) in [6.45, 7) is 0. The average Bonchev–Trinajstić information content (AvgIpc) is 2.66. The van der Waals surface area contributed by atoms with Crippen molar-refractivity contribution in [3.8, 4) is 11.5 Å². The van der Waals surface area contributed by atoms with Crippen LogP contribution in [0.4, 0.5) is 11.4 Å². The highest BCUT2D eigenvalue weighted by Crippen LogP contribution is 2.26. The van der Waals surface area contributed by atoms with Crippen LogP contribution in [-0.4, -0.2) is 37.5 Å². The summed E-state index contributed by atoms with van der Waals surface area (Å²) in [5, 5.41) is 5.58. The third kappa shape index (κ3) is 6.20. The molecule has 0 aliphatic heterocycles. The number of rotatable bonds is 9. The largest absolute Gasteiger partial charge is 0.495 e. The molecule has 2 rings (SSSR count). The Morgan fingerprint density at radius 3 is 1.54 bits per heavy atom. The Morgan fingerprint density at radius 1 is 0.769 bits per heavy atom. The Kier molecular flexibility index (Phi) is 8.17. The van der Waals surface area contributed by atoms with Crippen molar-refractivity contribution in [3.05, 3.63) is 48.5 Å². The monoisotopic (exact) mass is 392 g/mol. The number of para-hydroxylation sites is 4. The highest BCUT2D eigenvalue weighted by Gasteiger charge is 2.10. The number of anilines is 2. The second-order valence-electron chi connectivity index (χ2n) is 5.02. The van der Waals surface area contributed by atoms with Crippen molar-refractivity contribution < 1.29 is 19.1 Å². The number of hydrogen-bond acceptors (Lipinski definition) is 6. The Morgan fingerprint density at radius 2 is 1.15 bits per heavy atom. The maximum atomic E-state index is 12.0. The molecule has 2 amide bonds. The van der Waals surface area contributed by atoms with Crippen LogP contribution in [0, 0.1) is 0 Å². The molecule has 26 heavy (non-hydrogen) atoms. The number of amides is 2. The van der Waals surface area contributed by atoms with Crippen LogP contribution >= 0.6 is 21.6 Å². The number of nitrogens with one attached hydrogen (secondary N) is 2. The minimum Gasteiger partial charge on any atom is -0.495 e. The zero-order chi connectivity index (χ0) is 18.8. The van der Waals surface area contributed by atoms with Gasteiger partial charge in [-0.15, -0.1) is 0 Å². The van der Waals surface area contributed by atoms with Gasteiger partial charge in [0.15, 0.2) is 0 Å². The first-order valence-electron chi connectivity index (χ1n) is 7.74. The van der Waals surface area contributed by atoms with Crippen LogP contribution in [0.2, 0.25) is 0 Å². The van der Waals surface area contributed by atoms with Crippen LogP contribution in [0.5, 0.6) is 11.5 Å². The molecule has 2 aromatic carbocycles. The molecule has 0 fully saturated rings. The molecular formula is C18H20N2O4S2. The van der Waals surface area contributed by atoms with Gasteiger partial charge in [0.1, 0.15) is 11.5 Å². The highest BCUT2D eigenvalue weighted by molar-refractivity contribution is 8.77. The quantitative estimate of drug-likeness (QED) is 0.501. The van der Waals surface area contributed by atoms with Gasteiger partial charge in [0.25, 0.3) is 0 Å². The summed E-state index contributed by atoms with van der Waals surface area (Å²) in [6.07, 6.45) is 0. The maximum absolute atomic E-state index is 12.0. The lowest BCUT2D eigenvalue weighted by Crippen LogP contribution is -2.16. The zero-order valence-electron chi connectivity index (χ0n) is 14.5. The summed E-state index contributed by atoms with van der Waals surface area (Å²) in [5.74, 6) is 1.36. The molecule has 0 saturated carbocycles. The van der Waals surface area contributed by atoms with E-state index in [0.29, 0.717) is 22.9 Å². The minimum absolute atomic E-state index is 0.155. The average molecular weight is 393 g/mol. The van der Waals surface area contributed by atoms with Gasteiger partial charge in [0.2, 0.25) is 11.8 Å². The van der Waals surface area contributed by atoms with Gasteiger partial charge in [0, 0.05) is 0 Å². The fourth-order valence-corrected chi connectivity index (χ4v) is 3.73. The van der Waals surface area contributed by atoms with Crippen molar-refractivity contribution in [3.63, 3.8) is 0 Å². The molecule has 2 aromatic rings. The number of carbonyl (C=O) groups is 2. The van der Waals surface area contributed by atoms with Gasteiger partial charge in [-0.2, -0.15) is 0 Å². The van der Waals surface area contributed by atoms with E-state index in [4.69, 9.17) is 9.47 Å². The van der Waals surface area contributed by atoms with E-state index in [0.717, 1.165) is 0 Å². The molecule has 0 aromatic heterocycles. The summed E-state index contributed by atoms with van der Waals surface area (Å²) < 4.78 is 10.4. The lowest BCUT2D eigenvalue weighted by molar-refractivity contribution is -0.114. The number of carbonyl (C=O) groups excluding carboxylic acids is 2. The molecule has 0 aliphatic carbocycles. The van der Waals surface area contributed by atoms with Crippen LogP contribution in [0.3, 0.4) is 0 Å². The van der Waals surface area contributed by atoms with Gasteiger partial charge in [-0.1, -0.05) is 45.9 Å². The standard InChI is InChI=1S/C18H20N2O4S2/c1-23-15-9-5-3-7-13(15)19-17(21)11-25-26-12-18(22)20-14-8-4-6-10-16(14)24-2/h3-10H,11-12H2,1-2H3,(H,19,21)(H,20,22). The van der Waals surface area contributed by atoms with Gasteiger partial charge in [0.05, 0.1) is 37.1 Å². The van der Waals surface area contributed by atoms with Crippen molar-refractivity contribution >= 4 is 44.8 Å². The Labute approximate surface area is 160 Å². The van der Waals surface area contributed by atoms with E-state index in [9.17, 15) is 9.59 Å². The van der Waals surface area contributed by atoms with Gasteiger partial charge in [-0.3, -0.25) is 9.59 Å². The first-order valence-corrected chi connectivity index (χ1v) is 10.2. The number of methoxy groups -OCH3 is 2. The van der Waals surface area contributed by atoms with E-state index < -0.39 is 0 Å². The molecule has 0 saturated heterocycles. The summed E-state index contributed by atoms with van der Waals surface area (Å²) >= 11 is 0. The van der Waals surface area contributed by atoms with Gasteiger partial charge >= 0.3 is 0 Å². The van der Waals surface area contributed by atoms with Crippen molar-refractivity contribution in [1.29, 1.82) is 0 Å². The smallest absolute Gasteiger partial charge is 0.235 e. The molecule has 0 bridgehead atoms. The molecule has 138 valence electrons. The zero-order valence-corrected chi connectivity index (χ0v) is 16.1. The molecule has 0 unspecified atom stereocenters. The number of benzene rings is 2. The molecular weight excluding hydrogens is 372 g/mol. The lowest BCUT2D eigenvalue weighted by Gasteiger charge is -2.10. The third-order valence-corrected chi connectivity index (χ3v) is 5.36. The van der Waals surface area contributed by atoms with Crippen molar-refractivity contribution in [2.24, 2.45) is 0 Å².